The van der Waals surface area contributed by atoms with E-state index >= 15 is 0 Å². The van der Waals surface area contributed by atoms with E-state index in [2.05, 4.69) is 18.2 Å². The lowest BCUT2D eigenvalue weighted by Crippen LogP contribution is -2.51. The van der Waals surface area contributed by atoms with Crippen molar-refractivity contribution in [3.63, 3.8) is 0 Å². The van der Waals surface area contributed by atoms with Crippen LogP contribution in [0.5, 0.6) is 0 Å². The van der Waals surface area contributed by atoms with Crippen LogP contribution in [0.3, 0.4) is 0 Å². The second-order valence-electron chi connectivity index (χ2n) is 8.72. The van der Waals surface area contributed by atoms with E-state index in [-0.39, 0.29) is 23.9 Å². The Bertz CT molecular complexity index is 910. The highest BCUT2D eigenvalue weighted by molar-refractivity contribution is 5.98. The van der Waals surface area contributed by atoms with Gasteiger partial charge in [-0.2, -0.15) is 0 Å². The highest BCUT2D eigenvalue weighted by Crippen LogP contribution is 2.41. The second kappa shape index (κ2) is 7.66. The van der Waals surface area contributed by atoms with Crippen LogP contribution >= 0.6 is 0 Å². The summed E-state index contributed by atoms with van der Waals surface area (Å²) in [5.74, 6) is 0.622. The third-order valence-corrected chi connectivity index (χ3v) is 7.07. The van der Waals surface area contributed by atoms with Gasteiger partial charge in [0.05, 0.1) is 0 Å². The molecule has 150 valence electrons. The number of benzene rings is 2. The largest absolute Gasteiger partial charge is 0.336 e. The lowest BCUT2D eigenvalue weighted by atomic mass is 9.84. The SMILES string of the molecule is O=C(C1CC2CCCCC2N1C(=O)c1ccccc1)N1CCc2ccccc2C1. The fraction of sp³-hybridized carbons (Fsp3) is 0.440. The van der Waals surface area contributed by atoms with E-state index in [4.69, 9.17) is 0 Å². The van der Waals surface area contributed by atoms with Gasteiger partial charge in [-0.25, -0.2) is 0 Å². The van der Waals surface area contributed by atoms with Gasteiger partial charge in [-0.1, -0.05) is 55.3 Å². The van der Waals surface area contributed by atoms with Crippen LogP contribution in [0.4, 0.5) is 0 Å². The van der Waals surface area contributed by atoms with Crippen LogP contribution in [-0.2, 0) is 17.8 Å². The van der Waals surface area contributed by atoms with E-state index in [0.29, 0.717) is 18.0 Å². The Hall–Kier alpha value is -2.62. The molecule has 0 bridgehead atoms. The molecule has 1 saturated heterocycles. The highest BCUT2D eigenvalue weighted by atomic mass is 16.2. The van der Waals surface area contributed by atoms with Gasteiger partial charge in [0.15, 0.2) is 0 Å². The fourth-order valence-corrected chi connectivity index (χ4v) is 5.60. The number of likely N-dealkylation sites (tertiary alicyclic amines) is 1. The third kappa shape index (κ3) is 3.35. The third-order valence-electron chi connectivity index (χ3n) is 7.07. The van der Waals surface area contributed by atoms with Crippen molar-refractivity contribution in [2.24, 2.45) is 5.92 Å². The lowest BCUT2D eigenvalue weighted by molar-refractivity contribution is -0.136. The molecule has 5 rings (SSSR count). The maximum absolute atomic E-state index is 13.6. The molecule has 3 unspecified atom stereocenters. The van der Waals surface area contributed by atoms with Gasteiger partial charge in [-0.05, 0) is 54.9 Å². The summed E-state index contributed by atoms with van der Waals surface area (Å²) in [5.41, 5.74) is 3.28. The number of carbonyl (C=O) groups excluding carboxylic acids is 2. The van der Waals surface area contributed by atoms with Gasteiger partial charge < -0.3 is 9.80 Å². The molecule has 1 saturated carbocycles. The molecule has 3 atom stereocenters. The molecule has 2 aromatic rings. The molecule has 0 aromatic heterocycles. The van der Waals surface area contributed by atoms with Crippen molar-refractivity contribution in [2.75, 3.05) is 6.54 Å². The van der Waals surface area contributed by atoms with Gasteiger partial charge in [-0.15, -0.1) is 0 Å². The normalized spacial score (nSPS) is 26.0. The topological polar surface area (TPSA) is 40.6 Å². The molecule has 0 spiro atoms. The maximum atomic E-state index is 13.6. The standard InChI is InChI=1S/C25H28N2O2/c28-24(19-9-2-1-3-10-19)27-22-13-7-6-11-20(22)16-23(27)25(29)26-15-14-18-8-4-5-12-21(18)17-26/h1-5,8-10,12,20,22-23H,6-7,11,13-17H2. The first-order valence-corrected chi connectivity index (χ1v) is 11.0. The van der Waals surface area contributed by atoms with Crippen LogP contribution in [-0.4, -0.2) is 40.2 Å². The van der Waals surface area contributed by atoms with Crippen LogP contribution in [0.1, 0.15) is 53.6 Å². The molecule has 2 aliphatic heterocycles. The first kappa shape index (κ1) is 18.4. The lowest BCUT2D eigenvalue weighted by Gasteiger charge is -2.36. The first-order chi connectivity index (χ1) is 14.2. The van der Waals surface area contributed by atoms with Crippen LogP contribution in [0.15, 0.2) is 54.6 Å². The molecule has 3 aliphatic rings. The molecule has 29 heavy (non-hydrogen) atoms. The van der Waals surface area contributed by atoms with Gasteiger partial charge in [0.1, 0.15) is 6.04 Å². The van der Waals surface area contributed by atoms with Crippen molar-refractivity contribution >= 4 is 11.8 Å². The van der Waals surface area contributed by atoms with Crippen LogP contribution in [0, 0.1) is 5.92 Å². The monoisotopic (exact) mass is 388 g/mol. The van der Waals surface area contributed by atoms with E-state index in [9.17, 15) is 9.59 Å². The van der Waals surface area contributed by atoms with Crippen molar-refractivity contribution in [3.05, 3.63) is 71.3 Å². The minimum Gasteiger partial charge on any atom is -0.336 e. The summed E-state index contributed by atoms with van der Waals surface area (Å²) in [6.07, 6.45) is 6.24. The van der Waals surface area contributed by atoms with Crippen molar-refractivity contribution in [2.45, 2.75) is 57.2 Å². The Balaban J connectivity index is 1.42. The predicted octanol–water partition coefficient (Wildman–Crippen LogP) is 4.04. The number of fused-ring (bicyclic) bond motifs is 2. The summed E-state index contributed by atoms with van der Waals surface area (Å²) in [6, 6.07) is 17.8. The molecular formula is C25H28N2O2. The summed E-state index contributed by atoms with van der Waals surface area (Å²) in [7, 11) is 0. The van der Waals surface area contributed by atoms with Gasteiger partial charge in [-0.3, -0.25) is 9.59 Å². The molecule has 4 heteroatoms. The van der Waals surface area contributed by atoms with Gasteiger partial charge in [0.2, 0.25) is 5.91 Å². The molecule has 0 N–H and O–H groups in total. The van der Waals surface area contributed by atoms with Crippen molar-refractivity contribution in [1.29, 1.82) is 0 Å². The van der Waals surface area contributed by atoms with Crippen molar-refractivity contribution in [3.8, 4) is 0 Å². The van der Waals surface area contributed by atoms with E-state index in [1.165, 1.54) is 17.5 Å². The Morgan fingerprint density at radius 3 is 2.41 bits per heavy atom. The van der Waals surface area contributed by atoms with Gasteiger partial charge in [0.25, 0.3) is 5.91 Å². The number of hydrogen-bond donors (Lipinski definition) is 0. The molecule has 2 heterocycles. The molecule has 4 nitrogen and oxygen atoms in total. The van der Waals surface area contributed by atoms with E-state index < -0.39 is 0 Å². The summed E-state index contributed by atoms with van der Waals surface area (Å²) >= 11 is 0. The van der Waals surface area contributed by atoms with Crippen LogP contribution < -0.4 is 0 Å². The Morgan fingerprint density at radius 2 is 1.59 bits per heavy atom. The number of rotatable bonds is 2. The quantitative estimate of drug-likeness (QED) is 0.779. The average molecular weight is 389 g/mol. The minimum atomic E-state index is -0.318. The molecule has 2 amide bonds. The molecular weight excluding hydrogens is 360 g/mol. The van der Waals surface area contributed by atoms with Gasteiger partial charge in [0, 0.05) is 24.7 Å². The maximum Gasteiger partial charge on any atom is 0.254 e. The first-order valence-electron chi connectivity index (χ1n) is 11.0. The molecule has 0 radical (unpaired) electrons. The molecule has 2 fully saturated rings. The molecule has 1 aliphatic carbocycles. The van der Waals surface area contributed by atoms with E-state index in [1.807, 2.05) is 46.2 Å². The van der Waals surface area contributed by atoms with Crippen molar-refractivity contribution in [1.82, 2.24) is 9.80 Å². The second-order valence-corrected chi connectivity index (χ2v) is 8.72. The summed E-state index contributed by atoms with van der Waals surface area (Å²) in [4.78, 5) is 31.0. The average Bonchev–Trinajstić information content (AvgIpc) is 3.18. The number of nitrogens with zero attached hydrogens (tertiary/aromatic N) is 2. The summed E-state index contributed by atoms with van der Waals surface area (Å²) < 4.78 is 0. The van der Waals surface area contributed by atoms with Crippen LogP contribution in [0.25, 0.3) is 0 Å². The predicted molar refractivity (Wildman–Crippen MR) is 112 cm³/mol. The zero-order valence-electron chi connectivity index (χ0n) is 16.8. The van der Waals surface area contributed by atoms with Gasteiger partial charge >= 0.3 is 0 Å². The zero-order valence-corrected chi connectivity index (χ0v) is 16.8. The summed E-state index contributed by atoms with van der Waals surface area (Å²) in [6.45, 7) is 1.41. The zero-order chi connectivity index (χ0) is 19.8. The summed E-state index contributed by atoms with van der Waals surface area (Å²) in [5, 5.41) is 0. The Labute approximate surface area is 172 Å². The number of amides is 2. The van der Waals surface area contributed by atoms with Crippen LogP contribution in [0.2, 0.25) is 0 Å². The number of carbonyl (C=O) groups is 2. The van der Waals surface area contributed by atoms with E-state index in [0.717, 1.165) is 38.6 Å². The minimum absolute atomic E-state index is 0.0239. The Morgan fingerprint density at radius 1 is 0.862 bits per heavy atom. The number of hydrogen-bond acceptors (Lipinski definition) is 2. The van der Waals surface area contributed by atoms with Crippen molar-refractivity contribution < 1.29 is 9.59 Å². The highest BCUT2D eigenvalue weighted by Gasteiger charge is 2.48. The Kier molecular flexibility index (Phi) is 4.86. The smallest absolute Gasteiger partial charge is 0.254 e. The van der Waals surface area contributed by atoms with E-state index in [1.54, 1.807) is 0 Å². The fourth-order valence-electron chi connectivity index (χ4n) is 5.60. The molecule has 2 aromatic carbocycles.